The third-order valence-electron chi connectivity index (χ3n) is 7.65. The van der Waals surface area contributed by atoms with Gasteiger partial charge in [0.05, 0.1) is 35.2 Å². The Morgan fingerprint density at radius 2 is 0.767 bits per heavy atom. The molecule has 43 heavy (non-hydrogen) atoms. The van der Waals surface area contributed by atoms with Gasteiger partial charge in [0.25, 0.3) is 0 Å². The second kappa shape index (κ2) is 18.2. The summed E-state index contributed by atoms with van der Waals surface area (Å²) in [7, 11) is 0. The minimum atomic E-state index is 0. The fraction of sp³-hybridized carbons (Fsp3) is 0.486. The minimum absolute atomic E-state index is 0. The molecule has 0 N–H and O–H groups in total. The summed E-state index contributed by atoms with van der Waals surface area (Å²) in [5.41, 5.74) is 11.8. The molecule has 0 saturated carbocycles. The van der Waals surface area contributed by atoms with Crippen molar-refractivity contribution < 1.29 is 43.4 Å². The molecule has 0 saturated heterocycles. The van der Waals surface area contributed by atoms with E-state index >= 15 is 0 Å². The maximum Gasteiger partial charge on any atom is 2.00 e. The van der Waals surface area contributed by atoms with E-state index in [4.69, 9.17) is 15.0 Å². The van der Waals surface area contributed by atoms with Crippen molar-refractivity contribution in [2.24, 2.45) is 9.98 Å². The predicted molar refractivity (Wildman–Crippen MR) is 176 cm³/mol. The van der Waals surface area contributed by atoms with Crippen molar-refractivity contribution in [2.75, 3.05) is 0 Å². The van der Waals surface area contributed by atoms with Crippen LogP contribution in [0.5, 0.6) is 0 Å². The Morgan fingerprint density at radius 3 is 1.00 bits per heavy atom. The van der Waals surface area contributed by atoms with Crippen LogP contribution in [0.3, 0.4) is 0 Å². The van der Waals surface area contributed by atoms with Crippen molar-refractivity contribution in [1.82, 2.24) is 4.98 Å². The number of benzene rings is 2. The van der Waals surface area contributed by atoms with Crippen LogP contribution < -0.4 is 24.8 Å². The van der Waals surface area contributed by atoms with Gasteiger partial charge in [-0.3, -0.25) is 9.98 Å². The van der Waals surface area contributed by atoms with Gasteiger partial charge in [-0.05, 0) is 81.0 Å². The second-order valence-electron chi connectivity index (χ2n) is 13.0. The number of hydrogen-bond donors (Lipinski definition) is 0. The molecular formula is C37H51Cl2N3V. The third-order valence-corrected chi connectivity index (χ3v) is 7.65. The molecule has 6 heteroatoms. The smallest absolute Gasteiger partial charge is 1.00 e. The van der Waals surface area contributed by atoms with E-state index in [2.05, 4.69) is 107 Å². The zero-order chi connectivity index (χ0) is 29.7. The van der Waals surface area contributed by atoms with E-state index in [1.54, 1.807) is 0 Å². The van der Waals surface area contributed by atoms with E-state index in [0.717, 1.165) is 22.8 Å². The molecule has 2 aromatic carbocycles. The SMILES string of the molecule is CC(C)c1cc(C(C)C)c(N=Cc2cccc(C=Nc3c(C(C)C)cc(C(C)C)cc3C(C)C)n2)c(C(C)C)c1.[Cl-].[Cl-].[V+2]. The largest absolute Gasteiger partial charge is 2.00 e. The number of hydrogen-bond acceptors (Lipinski definition) is 3. The first-order chi connectivity index (χ1) is 18.8. The predicted octanol–water partition coefficient (Wildman–Crippen LogP) is 5.33. The van der Waals surface area contributed by atoms with E-state index in [0.29, 0.717) is 35.5 Å². The standard InChI is InChI=1S/C37H51N3.2ClH.V/c1-22(2)28-16-32(24(5)6)36(33(17-28)25(7)8)38-20-30-14-13-15-31(40-30)21-39-37-34(26(9)10)18-29(23(3)4)19-35(37)27(11)12;;;/h13-27H,1-12H3;2*1H;/q;;;+2/p-2. The fourth-order valence-corrected chi connectivity index (χ4v) is 5.01. The van der Waals surface area contributed by atoms with Gasteiger partial charge in [-0.25, -0.2) is 4.98 Å². The topological polar surface area (TPSA) is 37.6 Å². The molecule has 1 aromatic heterocycles. The van der Waals surface area contributed by atoms with Gasteiger partial charge in [0.2, 0.25) is 0 Å². The summed E-state index contributed by atoms with van der Waals surface area (Å²) in [5, 5.41) is 0. The number of aromatic nitrogens is 1. The van der Waals surface area contributed by atoms with Gasteiger partial charge in [-0.1, -0.05) is 113 Å². The first-order valence-electron chi connectivity index (χ1n) is 15.2. The summed E-state index contributed by atoms with van der Waals surface area (Å²) < 4.78 is 0. The van der Waals surface area contributed by atoms with Crippen molar-refractivity contribution in [3.63, 3.8) is 0 Å². The van der Waals surface area contributed by atoms with Crippen LogP contribution in [0, 0.1) is 0 Å². The Labute approximate surface area is 286 Å². The second-order valence-corrected chi connectivity index (χ2v) is 13.0. The molecule has 3 aromatic rings. The number of rotatable bonds is 10. The summed E-state index contributed by atoms with van der Waals surface area (Å²) in [6.45, 7) is 27.1. The molecule has 0 unspecified atom stereocenters. The van der Waals surface area contributed by atoms with Crippen molar-refractivity contribution >= 4 is 23.8 Å². The molecule has 0 spiro atoms. The van der Waals surface area contributed by atoms with Gasteiger partial charge in [-0.2, -0.15) is 0 Å². The summed E-state index contributed by atoms with van der Waals surface area (Å²) in [6, 6.07) is 15.4. The minimum Gasteiger partial charge on any atom is -1.00 e. The molecular weight excluding hydrogens is 608 g/mol. The summed E-state index contributed by atoms with van der Waals surface area (Å²) in [4.78, 5) is 15.0. The zero-order valence-electron chi connectivity index (χ0n) is 28.2. The molecule has 1 heterocycles. The van der Waals surface area contributed by atoms with Crippen molar-refractivity contribution in [2.45, 2.75) is 119 Å². The average Bonchev–Trinajstić information content (AvgIpc) is 2.89. The Balaban J connectivity index is 0.00000588. The number of halogens is 2. The molecule has 0 amide bonds. The Bertz CT molecular complexity index is 1210. The molecule has 233 valence electrons. The molecule has 0 aliphatic carbocycles. The number of aliphatic imine (C=N–C) groups is 2. The van der Waals surface area contributed by atoms with Crippen molar-refractivity contribution in [3.05, 3.63) is 87.2 Å². The van der Waals surface area contributed by atoms with E-state index in [1.165, 1.54) is 33.4 Å². The molecule has 3 nitrogen and oxygen atoms in total. The maximum absolute atomic E-state index is 5.05. The maximum atomic E-state index is 5.05. The van der Waals surface area contributed by atoms with Crippen LogP contribution in [0.1, 0.15) is 163 Å². The molecule has 0 aliphatic heterocycles. The quantitative estimate of drug-likeness (QED) is 0.272. The Kier molecular flexibility index (Phi) is 17.4. The van der Waals surface area contributed by atoms with Gasteiger partial charge in [0.1, 0.15) is 0 Å². The van der Waals surface area contributed by atoms with Crippen LogP contribution in [0.4, 0.5) is 11.4 Å². The van der Waals surface area contributed by atoms with Crippen LogP contribution in [-0.4, -0.2) is 17.4 Å². The van der Waals surface area contributed by atoms with Gasteiger partial charge < -0.3 is 24.8 Å². The van der Waals surface area contributed by atoms with Gasteiger partial charge in [0.15, 0.2) is 0 Å². The molecule has 0 fully saturated rings. The third kappa shape index (κ3) is 10.6. The van der Waals surface area contributed by atoms with Gasteiger partial charge in [-0.15, -0.1) is 0 Å². The van der Waals surface area contributed by atoms with Crippen molar-refractivity contribution in [3.8, 4) is 0 Å². The van der Waals surface area contributed by atoms with Crippen LogP contribution >= 0.6 is 0 Å². The normalized spacial score (nSPS) is 11.8. The van der Waals surface area contributed by atoms with Crippen LogP contribution in [0.25, 0.3) is 0 Å². The van der Waals surface area contributed by atoms with Gasteiger partial charge in [0, 0.05) is 0 Å². The molecule has 0 aliphatic rings. The van der Waals surface area contributed by atoms with E-state index < -0.39 is 0 Å². The van der Waals surface area contributed by atoms with Crippen LogP contribution in [-0.2, 0) is 18.6 Å². The number of nitrogens with zero attached hydrogens (tertiary/aromatic N) is 3. The molecule has 3 rings (SSSR count). The first kappa shape index (κ1) is 41.1. The zero-order valence-corrected chi connectivity index (χ0v) is 31.1. The van der Waals surface area contributed by atoms with Gasteiger partial charge >= 0.3 is 18.6 Å². The Morgan fingerprint density at radius 1 is 0.488 bits per heavy atom. The van der Waals surface area contributed by atoms with E-state index in [-0.39, 0.29) is 43.4 Å². The monoisotopic (exact) mass is 658 g/mol. The summed E-state index contributed by atoms with van der Waals surface area (Å²) in [5.74, 6) is 2.54. The average molecular weight is 660 g/mol. The first-order valence-corrected chi connectivity index (χ1v) is 15.2. The van der Waals surface area contributed by atoms with E-state index in [1.807, 2.05) is 30.6 Å². The summed E-state index contributed by atoms with van der Waals surface area (Å²) >= 11 is 0. The fourth-order valence-electron chi connectivity index (χ4n) is 5.01. The van der Waals surface area contributed by atoms with Crippen LogP contribution in [0.2, 0.25) is 0 Å². The number of pyridine rings is 1. The molecule has 0 bridgehead atoms. The Hall–Kier alpha value is -1.91. The van der Waals surface area contributed by atoms with Crippen molar-refractivity contribution in [1.29, 1.82) is 0 Å². The van der Waals surface area contributed by atoms with E-state index in [9.17, 15) is 0 Å². The molecule has 0 atom stereocenters. The molecule has 1 radical (unpaired) electrons. The summed E-state index contributed by atoms with van der Waals surface area (Å²) in [6.07, 6.45) is 3.83. The van der Waals surface area contributed by atoms with Crippen LogP contribution in [0.15, 0.2) is 52.4 Å².